The minimum atomic E-state index is -1.08. The lowest BCUT2D eigenvalue weighted by Crippen LogP contribution is -2.46. The molecule has 0 aliphatic carbocycles. The highest BCUT2D eigenvalue weighted by molar-refractivity contribution is 7.99. The Balaban J connectivity index is 2.35. The third-order valence-corrected chi connectivity index (χ3v) is 3.55. The Morgan fingerprint density at radius 3 is 2.89 bits per heavy atom. The van der Waals surface area contributed by atoms with Crippen LogP contribution in [0.4, 0.5) is 4.79 Å². The third kappa shape index (κ3) is 4.23. The number of carboxylic acid groups (broad SMARTS) is 1. The summed E-state index contributed by atoms with van der Waals surface area (Å²) in [6, 6.07) is -1.36. The van der Waals surface area contributed by atoms with Gasteiger partial charge in [0.15, 0.2) is 0 Å². The van der Waals surface area contributed by atoms with Gasteiger partial charge >= 0.3 is 12.0 Å². The number of aliphatic carboxylic acids is 1. The summed E-state index contributed by atoms with van der Waals surface area (Å²) in [4.78, 5) is 23.9. The Labute approximate surface area is 110 Å². The molecule has 1 aliphatic heterocycles. The van der Waals surface area contributed by atoms with Gasteiger partial charge in [0, 0.05) is 31.0 Å². The van der Waals surface area contributed by atoms with Gasteiger partial charge in [-0.3, -0.25) is 0 Å². The van der Waals surface area contributed by atoms with E-state index in [0.29, 0.717) is 6.54 Å². The van der Waals surface area contributed by atoms with E-state index in [1.54, 1.807) is 17.8 Å². The van der Waals surface area contributed by atoms with Gasteiger partial charge in [0.25, 0.3) is 0 Å². The predicted molar refractivity (Wildman–Crippen MR) is 69.7 cm³/mol. The van der Waals surface area contributed by atoms with Crippen LogP contribution in [-0.2, 0) is 4.79 Å². The summed E-state index contributed by atoms with van der Waals surface area (Å²) in [5, 5.41) is 21.0. The van der Waals surface area contributed by atoms with Crippen molar-refractivity contribution in [3.8, 4) is 0 Å². The van der Waals surface area contributed by atoms with Crippen molar-refractivity contribution in [1.82, 2.24) is 10.2 Å². The second-order valence-electron chi connectivity index (χ2n) is 3.99. The Morgan fingerprint density at radius 1 is 1.56 bits per heavy atom. The number of carbonyl (C=O) groups excluding carboxylic acids is 1. The molecule has 3 N–H and O–H groups in total. The number of urea groups is 1. The molecule has 6 nitrogen and oxygen atoms in total. The molecular formula is C11H18N2O4S. The highest BCUT2D eigenvalue weighted by Gasteiger charge is 2.38. The summed E-state index contributed by atoms with van der Waals surface area (Å²) in [5.41, 5.74) is 0. The number of nitrogens with one attached hydrogen (secondary N) is 1. The van der Waals surface area contributed by atoms with E-state index in [-0.39, 0.29) is 13.0 Å². The molecular weight excluding hydrogens is 256 g/mol. The number of carboxylic acids is 1. The molecule has 0 aromatic carbocycles. The van der Waals surface area contributed by atoms with Crippen molar-refractivity contribution in [3.05, 3.63) is 12.7 Å². The van der Waals surface area contributed by atoms with Crippen LogP contribution in [0.3, 0.4) is 0 Å². The highest BCUT2D eigenvalue weighted by atomic mass is 32.2. The van der Waals surface area contributed by atoms with Gasteiger partial charge < -0.3 is 20.4 Å². The van der Waals surface area contributed by atoms with Gasteiger partial charge in [0.1, 0.15) is 6.04 Å². The SMILES string of the molecule is C=CCSCCNC(=O)N1C[C@@H](O)C[C@H]1C(=O)O. The van der Waals surface area contributed by atoms with Crippen LogP contribution in [0.5, 0.6) is 0 Å². The Kier molecular flexibility index (Phi) is 6.00. The first kappa shape index (κ1) is 14.8. The minimum Gasteiger partial charge on any atom is -0.480 e. The van der Waals surface area contributed by atoms with E-state index in [0.717, 1.165) is 11.5 Å². The number of likely N-dealkylation sites (tertiary alicyclic amines) is 1. The Morgan fingerprint density at radius 2 is 2.28 bits per heavy atom. The number of amides is 2. The average Bonchev–Trinajstić information content (AvgIpc) is 2.71. The van der Waals surface area contributed by atoms with Gasteiger partial charge in [-0.05, 0) is 0 Å². The number of hydrogen-bond donors (Lipinski definition) is 3. The van der Waals surface area contributed by atoms with Gasteiger partial charge in [-0.15, -0.1) is 6.58 Å². The fraction of sp³-hybridized carbons (Fsp3) is 0.636. The molecule has 0 radical (unpaired) electrons. The molecule has 1 rings (SSSR count). The fourth-order valence-electron chi connectivity index (χ4n) is 1.77. The quantitative estimate of drug-likeness (QED) is 0.473. The second-order valence-corrected chi connectivity index (χ2v) is 5.14. The van der Waals surface area contributed by atoms with E-state index < -0.39 is 24.1 Å². The average molecular weight is 274 g/mol. The number of aliphatic hydroxyl groups excluding tert-OH is 1. The van der Waals surface area contributed by atoms with Crippen molar-refractivity contribution in [2.75, 3.05) is 24.6 Å². The molecule has 1 saturated heterocycles. The van der Waals surface area contributed by atoms with Crippen LogP contribution in [0.2, 0.25) is 0 Å². The molecule has 0 saturated carbocycles. The number of β-amino-alcohol motifs (C(OH)–C–C–N with tert-alkyl or cyclic N) is 1. The van der Waals surface area contributed by atoms with Crippen molar-refractivity contribution in [2.24, 2.45) is 0 Å². The summed E-state index contributed by atoms with van der Waals surface area (Å²) in [7, 11) is 0. The lowest BCUT2D eigenvalue weighted by Gasteiger charge is -2.21. The second kappa shape index (κ2) is 7.27. The van der Waals surface area contributed by atoms with E-state index in [4.69, 9.17) is 5.11 Å². The maximum atomic E-state index is 11.7. The minimum absolute atomic E-state index is 0.0720. The van der Waals surface area contributed by atoms with Gasteiger partial charge in [-0.1, -0.05) is 6.08 Å². The number of thioether (sulfide) groups is 1. The van der Waals surface area contributed by atoms with Crippen LogP contribution in [0.15, 0.2) is 12.7 Å². The molecule has 102 valence electrons. The van der Waals surface area contributed by atoms with Gasteiger partial charge in [-0.2, -0.15) is 11.8 Å². The van der Waals surface area contributed by atoms with Crippen LogP contribution in [0.1, 0.15) is 6.42 Å². The molecule has 0 bridgehead atoms. The molecule has 0 aromatic heterocycles. The zero-order valence-corrected chi connectivity index (χ0v) is 10.9. The van der Waals surface area contributed by atoms with Crippen molar-refractivity contribution in [3.63, 3.8) is 0 Å². The van der Waals surface area contributed by atoms with Crippen molar-refractivity contribution in [2.45, 2.75) is 18.6 Å². The summed E-state index contributed by atoms with van der Waals surface area (Å²) < 4.78 is 0. The molecule has 0 aromatic rings. The van der Waals surface area contributed by atoms with Crippen LogP contribution >= 0.6 is 11.8 Å². The lowest BCUT2D eigenvalue weighted by atomic mass is 10.2. The van der Waals surface area contributed by atoms with E-state index in [9.17, 15) is 14.7 Å². The summed E-state index contributed by atoms with van der Waals surface area (Å²) >= 11 is 1.63. The lowest BCUT2D eigenvalue weighted by molar-refractivity contribution is -0.141. The summed E-state index contributed by atoms with van der Waals surface area (Å²) in [6.07, 6.45) is 1.12. The van der Waals surface area contributed by atoms with Gasteiger partial charge in [-0.25, -0.2) is 9.59 Å². The monoisotopic (exact) mass is 274 g/mol. The maximum absolute atomic E-state index is 11.7. The summed E-state index contributed by atoms with van der Waals surface area (Å²) in [6.45, 7) is 4.13. The topological polar surface area (TPSA) is 89.9 Å². The van der Waals surface area contributed by atoms with Crippen LogP contribution in [0, 0.1) is 0 Å². The fourth-order valence-corrected chi connectivity index (χ4v) is 2.35. The molecule has 0 spiro atoms. The number of aliphatic hydroxyl groups is 1. The standard InChI is InChI=1S/C11H18N2O4S/c1-2-4-18-5-3-12-11(17)13-7-8(14)6-9(13)10(15)16/h2,8-9,14H,1,3-7H2,(H,12,17)(H,15,16)/t8-,9-/m0/s1. The molecule has 1 heterocycles. The van der Waals surface area contributed by atoms with Crippen LogP contribution in [0.25, 0.3) is 0 Å². The smallest absolute Gasteiger partial charge is 0.326 e. The molecule has 1 fully saturated rings. The maximum Gasteiger partial charge on any atom is 0.326 e. The molecule has 7 heteroatoms. The Hall–Kier alpha value is -1.21. The van der Waals surface area contributed by atoms with E-state index in [2.05, 4.69) is 11.9 Å². The molecule has 2 amide bonds. The van der Waals surface area contributed by atoms with Crippen LogP contribution in [-0.4, -0.2) is 63.9 Å². The first-order valence-electron chi connectivity index (χ1n) is 5.70. The van der Waals surface area contributed by atoms with Gasteiger partial charge in [0.05, 0.1) is 6.10 Å². The van der Waals surface area contributed by atoms with E-state index in [1.807, 2.05) is 0 Å². The highest BCUT2D eigenvalue weighted by Crippen LogP contribution is 2.17. The van der Waals surface area contributed by atoms with Crippen LogP contribution < -0.4 is 5.32 Å². The number of nitrogens with zero attached hydrogens (tertiary/aromatic N) is 1. The first-order chi connectivity index (χ1) is 8.56. The van der Waals surface area contributed by atoms with Crippen molar-refractivity contribution in [1.29, 1.82) is 0 Å². The third-order valence-electron chi connectivity index (χ3n) is 2.58. The molecule has 0 unspecified atom stereocenters. The van der Waals surface area contributed by atoms with E-state index in [1.165, 1.54) is 4.90 Å². The number of rotatable bonds is 6. The largest absolute Gasteiger partial charge is 0.480 e. The molecule has 2 atom stereocenters. The number of carbonyl (C=O) groups is 2. The Bertz CT molecular complexity index is 324. The van der Waals surface area contributed by atoms with Crippen molar-refractivity contribution < 1.29 is 19.8 Å². The zero-order chi connectivity index (χ0) is 13.5. The van der Waals surface area contributed by atoms with E-state index >= 15 is 0 Å². The zero-order valence-electron chi connectivity index (χ0n) is 10.0. The predicted octanol–water partition coefficient (Wildman–Crippen LogP) is 0.135. The normalized spacial score (nSPS) is 22.8. The first-order valence-corrected chi connectivity index (χ1v) is 6.85. The number of hydrogen-bond acceptors (Lipinski definition) is 4. The summed E-state index contributed by atoms with van der Waals surface area (Å²) in [5.74, 6) is 0.477. The van der Waals surface area contributed by atoms with Crippen molar-refractivity contribution >= 4 is 23.8 Å². The molecule has 1 aliphatic rings. The molecule has 18 heavy (non-hydrogen) atoms. The van der Waals surface area contributed by atoms with Gasteiger partial charge in [0.2, 0.25) is 0 Å².